The van der Waals surface area contributed by atoms with Crippen molar-refractivity contribution in [2.45, 2.75) is 37.4 Å². The van der Waals surface area contributed by atoms with Gasteiger partial charge in [-0.05, 0) is 43.2 Å². The Balaban J connectivity index is 1.56. The van der Waals surface area contributed by atoms with Gasteiger partial charge in [0.2, 0.25) is 10.0 Å². The molecule has 2 aromatic carbocycles. The summed E-state index contributed by atoms with van der Waals surface area (Å²) in [5.74, 6) is -0.319. The Hall–Kier alpha value is -2.41. The molecule has 0 radical (unpaired) electrons. The molecule has 4 rings (SSSR count). The lowest BCUT2D eigenvalue weighted by molar-refractivity contribution is 0.486. The number of anilines is 1. The van der Waals surface area contributed by atoms with Crippen molar-refractivity contribution in [3.8, 4) is 11.3 Å². The van der Waals surface area contributed by atoms with E-state index in [1.807, 2.05) is 12.1 Å². The topological polar surface area (TPSA) is 74.8 Å². The molecule has 3 aromatic rings. The summed E-state index contributed by atoms with van der Waals surface area (Å²) in [6.07, 6.45) is 4.50. The third-order valence-corrected chi connectivity index (χ3v) is 6.80. The molecule has 136 valence electrons. The highest BCUT2D eigenvalue weighted by Gasteiger charge is 2.27. The third kappa shape index (κ3) is 3.31. The summed E-state index contributed by atoms with van der Waals surface area (Å²) in [5, 5.41) is 7.59. The van der Waals surface area contributed by atoms with Gasteiger partial charge in [0.25, 0.3) is 0 Å². The summed E-state index contributed by atoms with van der Waals surface area (Å²) >= 11 is 0. The molecule has 0 bridgehead atoms. The first-order chi connectivity index (χ1) is 12.5. The number of fused-ring (bicyclic) bond motifs is 1. The Kier molecular flexibility index (Phi) is 4.40. The second-order valence-electron chi connectivity index (χ2n) is 6.75. The molecule has 0 atom stereocenters. The fourth-order valence-electron chi connectivity index (χ4n) is 3.53. The van der Waals surface area contributed by atoms with E-state index in [1.54, 1.807) is 18.2 Å². The molecule has 1 heterocycles. The van der Waals surface area contributed by atoms with Gasteiger partial charge in [0.15, 0.2) is 0 Å². The molecule has 1 aliphatic carbocycles. The smallest absolute Gasteiger partial charge is 0.235 e. The molecule has 7 heteroatoms. The Morgan fingerprint density at radius 2 is 1.77 bits per heavy atom. The molecule has 0 aliphatic heterocycles. The molecular formula is C19H20FN3O2S. The van der Waals surface area contributed by atoms with Crippen molar-refractivity contribution >= 4 is 26.6 Å². The summed E-state index contributed by atoms with van der Waals surface area (Å²) in [4.78, 5) is 0. The van der Waals surface area contributed by atoms with Crippen molar-refractivity contribution in [2.75, 3.05) is 4.72 Å². The average molecular weight is 373 g/mol. The lowest BCUT2D eigenvalue weighted by atomic mass is 10.0. The highest BCUT2D eigenvalue weighted by atomic mass is 32.2. The summed E-state index contributed by atoms with van der Waals surface area (Å²) in [5.41, 5.74) is 2.72. The first-order valence-corrected chi connectivity index (χ1v) is 10.3. The Labute approximate surface area is 151 Å². The van der Waals surface area contributed by atoms with Crippen LogP contribution in [0.15, 0.2) is 42.5 Å². The van der Waals surface area contributed by atoms with Crippen LogP contribution in [0.5, 0.6) is 0 Å². The van der Waals surface area contributed by atoms with E-state index < -0.39 is 10.0 Å². The molecule has 1 aliphatic rings. The lowest BCUT2D eigenvalue weighted by Gasteiger charge is -2.22. The number of halogens is 1. The molecule has 26 heavy (non-hydrogen) atoms. The van der Waals surface area contributed by atoms with Crippen LogP contribution in [0.4, 0.5) is 10.1 Å². The Bertz CT molecular complexity index is 1020. The highest BCUT2D eigenvalue weighted by Crippen LogP contribution is 2.29. The maximum Gasteiger partial charge on any atom is 0.235 e. The second kappa shape index (κ2) is 6.72. The van der Waals surface area contributed by atoms with Crippen molar-refractivity contribution < 1.29 is 12.8 Å². The molecule has 0 unspecified atom stereocenters. The summed E-state index contributed by atoms with van der Waals surface area (Å²) in [7, 11) is -3.36. The number of aromatic amines is 1. The first kappa shape index (κ1) is 17.0. The van der Waals surface area contributed by atoms with Gasteiger partial charge in [-0.2, -0.15) is 5.10 Å². The average Bonchev–Trinajstić information content (AvgIpc) is 3.06. The van der Waals surface area contributed by atoms with Crippen LogP contribution < -0.4 is 4.72 Å². The largest absolute Gasteiger partial charge is 0.283 e. The van der Waals surface area contributed by atoms with Crippen LogP contribution in [0, 0.1) is 5.82 Å². The number of nitrogens with zero attached hydrogens (tertiary/aromatic N) is 1. The van der Waals surface area contributed by atoms with E-state index in [0.29, 0.717) is 16.9 Å². The highest BCUT2D eigenvalue weighted by molar-refractivity contribution is 7.93. The number of H-pyrrole nitrogens is 1. The maximum atomic E-state index is 13.3. The van der Waals surface area contributed by atoms with Gasteiger partial charge < -0.3 is 0 Å². The zero-order valence-electron chi connectivity index (χ0n) is 14.2. The molecule has 1 saturated carbocycles. The molecule has 1 fully saturated rings. The number of nitrogens with one attached hydrogen (secondary N) is 2. The number of benzene rings is 2. The third-order valence-electron chi connectivity index (χ3n) is 4.93. The van der Waals surface area contributed by atoms with E-state index in [0.717, 1.165) is 43.1 Å². The molecule has 0 saturated heterocycles. The van der Waals surface area contributed by atoms with Crippen molar-refractivity contribution in [1.82, 2.24) is 10.2 Å². The van der Waals surface area contributed by atoms with Gasteiger partial charge in [-0.25, -0.2) is 12.8 Å². The van der Waals surface area contributed by atoms with Crippen LogP contribution in [0.2, 0.25) is 0 Å². The minimum absolute atomic E-state index is 0.305. The van der Waals surface area contributed by atoms with Crippen LogP contribution in [-0.4, -0.2) is 23.9 Å². The van der Waals surface area contributed by atoms with Gasteiger partial charge in [-0.1, -0.05) is 31.4 Å². The van der Waals surface area contributed by atoms with Crippen LogP contribution in [-0.2, 0) is 10.0 Å². The SMILES string of the molecule is O=S(=O)(Nc1ccc(-c2n[nH]c3cc(F)ccc23)cc1)C1CCCCC1. The number of sulfonamides is 1. The van der Waals surface area contributed by atoms with Crippen LogP contribution in [0.3, 0.4) is 0 Å². The number of aromatic nitrogens is 2. The number of rotatable bonds is 4. The minimum Gasteiger partial charge on any atom is -0.283 e. The van der Waals surface area contributed by atoms with Gasteiger partial charge in [0.1, 0.15) is 5.82 Å². The molecule has 0 amide bonds. The first-order valence-electron chi connectivity index (χ1n) is 8.79. The predicted molar refractivity (Wildman–Crippen MR) is 101 cm³/mol. The van der Waals surface area contributed by atoms with Crippen molar-refractivity contribution in [2.24, 2.45) is 0 Å². The van der Waals surface area contributed by atoms with Crippen molar-refractivity contribution in [1.29, 1.82) is 0 Å². The number of hydrogen-bond acceptors (Lipinski definition) is 3. The van der Waals surface area contributed by atoms with Crippen molar-refractivity contribution in [3.63, 3.8) is 0 Å². The zero-order valence-corrected chi connectivity index (χ0v) is 15.0. The van der Waals surface area contributed by atoms with Gasteiger partial charge in [-0.3, -0.25) is 9.82 Å². The van der Waals surface area contributed by atoms with Gasteiger partial charge in [-0.15, -0.1) is 0 Å². The molecule has 1 aromatic heterocycles. The second-order valence-corrected chi connectivity index (χ2v) is 8.71. The maximum absolute atomic E-state index is 13.3. The van der Waals surface area contributed by atoms with E-state index in [4.69, 9.17) is 0 Å². The van der Waals surface area contributed by atoms with Gasteiger partial charge >= 0.3 is 0 Å². The quantitative estimate of drug-likeness (QED) is 0.710. The van der Waals surface area contributed by atoms with Crippen LogP contribution in [0.25, 0.3) is 22.2 Å². The van der Waals surface area contributed by atoms with Gasteiger partial charge in [0, 0.05) is 16.6 Å². The summed E-state index contributed by atoms with van der Waals surface area (Å²) < 4.78 is 41.0. The van der Waals surface area contributed by atoms with E-state index in [1.165, 1.54) is 12.1 Å². The Morgan fingerprint density at radius 3 is 2.50 bits per heavy atom. The van der Waals surface area contributed by atoms with E-state index in [9.17, 15) is 12.8 Å². The normalized spacial score (nSPS) is 16.0. The molecular weight excluding hydrogens is 353 g/mol. The molecule has 2 N–H and O–H groups in total. The Morgan fingerprint density at radius 1 is 1.04 bits per heavy atom. The van der Waals surface area contributed by atoms with Gasteiger partial charge in [0.05, 0.1) is 16.5 Å². The van der Waals surface area contributed by atoms with Crippen LogP contribution in [0.1, 0.15) is 32.1 Å². The van der Waals surface area contributed by atoms with Crippen LogP contribution >= 0.6 is 0 Å². The fourth-order valence-corrected chi connectivity index (χ4v) is 5.12. The molecule has 5 nitrogen and oxygen atoms in total. The summed E-state index contributed by atoms with van der Waals surface area (Å²) in [6, 6.07) is 11.6. The van der Waals surface area contributed by atoms with Crippen molar-refractivity contribution in [3.05, 3.63) is 48.3 Å². The lowest BCUT2D eigenvalue weighted by Crippen LogP contribution is -2.29. The monoisotopic (exact) mass is 373 g/mol. The molecule has 0 spiro atoms. The number of hydrogen-bond donors (Lipinski definition) is 2. The fraction of sp³-hybridized carbons (Fsp3) is 0.316. The predicted octanol–water partition coefficient (Wildman–Crippen LogP) is 4.44. The van der Waals surface area contributed by atoms with E-state index >= 15 is 0 Å². The standard InChI is InChI=1S/C19H20FN3O2S/c20-14-8-11-17-18(12-14)21-22-19(17)13-6-9-15(10-7-13)23-26(24,25)16-4-2-1-3-5-16/h6-12,16,23H,1-5H2,(H,21,22). The summed E-state index contributed by atoms with van der Waals surface area (Å²) in [6.45, 7) is 0. The van der Waals surface area contributed by atoms with E-state index in [-0.39, 0.29) is 11.1 Å². The zero-order chi connectivity index (χ0) is 18.1. The minimum atomic E-state index is -3.36. The van der Waals surface area contributed by atoms with E-state index in [2.05, 4.69) is 14.9 Å².